The van der Waals surface area contributed by atoms with Gasteiger partial charge in [-0.05, 0) is 30.2 Å². The predicted octanol–water partition coefficient (Wildman–Crippen LogP) is 0.844. The van der Waals surface area contributed by atoms with Crippen LogP contribution in [0.4, 0.5) is 0 Å². The van der Waals surface area contributed by atoms with Gasteiger partial charge in [-0.2, -0.15) is 0 Å². The van der Waals surface area contributed by atoms with Crippen LogP contribution in [0.15, 0.2) is 24.3 Å². The lowest BCUT2D eigenvalue weighted by atomic mass is 10.0. The fourth-order valence-electron chi connectivity index (χ4n) is 1.32. The zero-order chi connectivity index (χ0) is 13.0. The summed E-state index contributed by atoms with van der Waals surface area (Å²) in [5, 5.41) is 13.7. The van der Waals surface area contributed by atoms with Crippen LogP contribution in [0, 0.1) is 5.92 Å². The molecule has 1 aromatic carbocycles. The number of rotatable bonds is 4. The summed E-state index contributed by atoms with van der Waals surface area (Å²) in [6.45, 7) is 3.39. The molecule has 0 saturated carbocycles. The van der Waals surface area contributed by atoms with Crippen LogP contribution < -0.4 is 10.4 Å². The highest BCUT2D eigenvalue weighted by molar-refractivity contribution is 6.30. The number of benzene rings is 1. The van der Waals surface area contributed by atoms with E-state index in [0.29, 0.717) is 10.6 Å². The lowest BCUT2D eigenvalue weighted by Gasteiger charge is -2.23. The van der Waals surface area contributed by atoms with Crippen molar-refractivity contribution in [2.45, 2.75) is 19.9 Å². The minimum absolute atomic E-state index is 0.240. The maximum Gasteiger partial charge on any atom is 0.251 e. The maximum absolute atomic E-state index is 11.7. The Morgan fingerprint density at radius 2 is 1.76 bits per heavy atom. The van der Waals surface area contributed by atoms with Gasteiger partial charge in [0.1, 0.15) is 0 Å². The van der Waals surface area contributed by atoms with E-state index in [9.17, 15) is 14.7 Å². The molecular formula is C12H13ClNO3-. The predicted molar refractivity (Wildman–Crippen MR) is 62.6 cm³/mol. The van der Waals surface area contributed by atoms with E-state index in [1.165, 1.54) is 12.1 Å². The highest BCUT2D eigenvalue weighted by atomic mass is 35.5. The van der Waals surface area contributed by atoms with Gasteiger partial charge in [0.25, 0.3) is 5.91 Å². The molecule has 5 heteroatoms. The molecule has 0 bridgehead atoms. The summed E-state index contributed by atoms with van der Waals surface area (Å²) in [4.78, 5) is 22.5. The smallest absolute Gasteiger partial charge is 0.251 e. The third-order valence-corrected chi connectivity index (χ3v) is 2.57. The molecule has 0 radical (unpaired) electrons. The standard InChI is InChI=1S/C12H14ClNO3/c1-7(2)10(12(16)17)14-11(15)8-3-5-9(13)6-4-8/h3-7,10H,1-2H3,(H,14,15)(H,16,17)/p-1/t10-/m0/s1. The summed E-state index contributed by atoms with van der Waals surface area (Å²) in [7, 11) is 0. The minimum Gasteiger partial charge on any atom is -0.548 e. The van der Waals surface area contributed by atoms with Crippen LogP contribution in [-0.4, -0.2) is 17.9 Å². The van der Waals surface area contributed by atoms with Gasteiger partial charge in [0.15, 0.2) is 0 Å². The van der Waals surface area contributed by atoms with E-state index in [2.05, 4.69) is 5.32 Å². The molecule has 0 aliphatic heterocycles. The third kappa shape index (κ3) is 3.75. The highest BCUT2D eigenvalue weighted by Gasteiger charge is 2.17. The fourth-order valence-corrected chi connectivity index (χ4v) is 1.45. The van der Waals surface area contributed by atoms with Crippen molar-refractivity contribution in [1.29, 1.82) is 0 Å². The van der Waals surface area contributed by atoms with Gasteiger partial charge < -0.3 is 15.2 Å². The summed E-state index contributed by atoms with van der Waals surface area (Å²) in [6.07, 6.45) is 0. The van der Waals surface area contributed by atoms with Crippen LogP contribution in [0.1, 0.15) is 24.2 Å². The van der Waals surface area contributed by atoms with Crippen LogP contribution in [0.3, 0.4) is 0 Å². The zero-order valence-corrected chi connectivity index (χ0v) is 10.3. The fraction of sp³-hybridized carbons (Fsp3) is 0.333. The molecule has 0 aliphatic carbocycles. The first kappa shape index (κ1) is 13.5. The monoisotopic (exact) mass is 254 g/mol. The molecular weight excluding hydrogens is 242 g/mol. The van der Waals surface area contributed by atoms with Gasteiger partial charge >= 0.3 is 0 Å². The van der Waals surface area contributed by atoms with Crippen LogP contribution in [0.5, 0.6) is 0 Å². The number of halogens is 1. The summed E-state index contributed by atoms with van der Waals surface area (Å²) in [5.74, 6) is -1.98. The summed E-state index contributed by atoms with van der Waals surface area (Å²) in [5.41, 5.74) is 0.362. The molecule has 0 aliphatic rings. The average molecular weight is 255 g/mol. The molecule has 0 unspecified atom stereocenters. The number of carboxylic acids is 1. The molecule has 0 spiro atoms. The zero-order valence-electron chi connectivity index (χ0n) is 9.57. The minimum atomic E-state index is -1.29. The van der Waals surface area contributed by atoms with Crippen molar-refractivity contribution in [3.63, 3.8) is 0 Å². The second kappa shape index (κ2) is 5.68. The Hall–Kier alpha value is -1.55. The lowest BCUT2D eigenvalue weighted by Crippen LogP contribution is -2.50. The van der Waals surface area contributed by atoms with Crippen LogP contribution in [0.2, 0.25) is 5.02 Å². The van der Waals surface area contributed by atoms with E-state index in [0.717, 1.165) is 0 Å². The van der Waals surface area contributed by atoms with E-state index >= 15 is 0 Å². The van der Waals surface area contributed by atoms with E-state index in [1.54, 1.807) is 26.0 Å². The molecule has 17 heavy (non-hydrogen) atoms. The van der Waals surface area contributed by atoms with E-state index in [4.69, 9.17) is 11.6 Å². The van der Waals surface area contributed by atoms with E-state index in [1.807, 2.05) is 0 Å². The van der Waals surface area contributed by atoms with Crippen molar-refractivity contribution in [2.75, 3.05) is 0 Å². The quantitative estimate of drug-likeness (QED) is 0.866. The van der Waals surface area contributed by atoms with Crippen LogP contribution in [-0.2, 0) is 4.79 Å². The lowest BCUT2D eigenvalue weighted by molar-refractivity contribution is -0.309. The van der Waals surface area contributed by atoms with Gasteiger partial charge in [-0.25, -0.2) is 0 Å². The third-order valence-electron chi connectivity index (χ3n) is 2.31. The molecule has 1 rings (SSSR count). The summed E-state index contributed by atoms with van der Waals surface area (Å²) >= 11 is 5.69. The molecule has 4 nitrogen and oxygen atoms in total. The molecule has 1 N–H and O–H groups in total. The van der Waals surface area contributed by atoms with Crippen LogP contribution in [0.25, 0.3) is 0 Å². The first-order valence-electron chi connectivity index (χ1n) is 5.19. The SMILES string of the molecule is CC(C)[C@H](NC(=O)c1ccc(Cl)cc1)C(=O)[O-]. The normalized spacial score (nSPS) is 12.2. The average Bonchev–Trinajstić information content (AvgIpc) is 2.25. The first-order chi connectivity index (χ1) is 7.91. The van der Waals surface area contributed by atoms with Gasteiger partial charge in [-0.3, -0.25) is 4.79 Å². The van der Waals surface area contributed by atoms with Gasteiger partial charge in [0.2, 0.25) is 0 Å². The maximum atomic E-state index is 11.7. The highest BCUT2D eigenvalue weighted by Crippen LogP contribution is 2.10. The van der Waals surface area contributed by atoms with E-state index < -0.39 is 17.9 Å². The molecule has 0 aromatic heterocycles. The molecule has 0 heterocycles. The summed E-state index contributed by atoms with van der Waals surface area (Å²) < 4.78 is 0. The topological polar surface area (TPSA) is 69.2 Å². The Morgan fingerprint density at radius 1 is 1.24 bits per heavy atom. The first-order valence-corrected chi connectivity index (χ1v) is 5.57. The van der Waals surface area contributed by atoms with Crippen molar-refractivity contribution in [2.24, 2.45) is 5.92 Å². The van der Waals surface area contributed by atoms with Crippen molar-refractivity contribution in [3.05, 3.63) is 34.9 Å². The largest absolute Gasteiger partial charge is 0.548 e. The van der Waals surface area contributed by atoms with Crippen molar-refractivity contribution >= 4 is 23.5 Å². The van der Waals surface area contributed by atoms with Crippen LogP contribution >= 0.6 is 11.6 Å². The number of carbonyl (C=O) groups excluding carboxylic acids is 2. The Kier molecular flexibility index (Phi) is 4.52. The molecule has 1 amide bonds. The molecule has 92 valence electrons. The van der Waals surface area contributed by atoms with E-state index in [-0.39, 0.29) is 5.92 Å². The van der Waals surface area contributed by atoms with Crippen molar-refractivity contribution in [3.8, 4) is 0 Å². The number of carboxylic acid groups (broad SMARTS) is 1. The number of carbonyl (C=O) groups is 2. The Bertz CT molecular complexity index is 414. The van der Waals surface area contributed by atoms with Gasteiger partial charge in [-0.1, -0.05) is 25.4 Å². The van der Waals surface area contributed by atoms with Crippen molar-refractivity contribution in [1.82, 2.24) is 5.32 Å². The summed E-state index contributed by atoms with van der Waals surface area (Å²) in [6, 6.07) is 5.20. The van der Waals surface area contributed by atoms with Gasteiger partial charge in [-0.15, -0.1) is 0 Å². The molecule has 0 fully saturated rings. The number of nitrogens with one attached hydrogen (secondary N) is 1. The Balaban J connectivity index is 2.77. The molecule has 1 aromatic rings. The molecule has 1 atom stereocenters. The number of aliphatic carboxylic acids is 1. The number of hydrogen-bond acceptors (Lipinski definition) is 3. The van der Waals surface area contributed by atoms with Gasteiger partial charge in [0.05, 0.1) is 12.0 Å². The number of amides is 1. The second-order valence-electron chi connectivity index (χ2n) is 4.02. The second-order valence-corrected chi connectivity index (χ2v) is 4.46. The molecule has 0 saturated heterocycles. The number of hydrogen-bond donors (Lipinski definition) is 1. The van der Waals surface area contributed by atoms with Crippen molar-refractivity contribution < 1.29 is 14.7 Å². The Morgan fingerprint density at radius 3 is 2.18 bits per heavy atom. The van der Waals surface area contributed by atoms with Gasteiger partial charge in [0, 0.05) is 10.6 Å². The Labute approximate surface area is 105 Å².